The van der Waals surface area contributed by atoms with Gasteiger partial charge in [0.05, 0.1) is 17.3 Å². The van der Waals surface area contributed by atoms with E-state index in [1.807, 2.05) is 0 Å². The van der Waals surface area contributed by atoms with Crippen molar-refractivity contribution in [3.05, 3.63) is 70.0 Å². The number of nitrogens with one attached hydrogen (secondary N) is 2. The summed E-state index contributed by atoms with van der Waals surface area (Å²) >= 11 is -1.26. The number of rotatable bonds is 7. The lowest BCUT2D eigenvalue weighted by atomic mass is 10.1. The first-order valence-corrected chi connectivity index (χ1v) is 12.3. The molecule has 7 nitrogen and oxygen atoms in total. The van der Waals surface area contributed by atoms with Crippen LogP contribution in [0.1, 0.15) is 42.9 Å². The summed E-state index contributed by atoms with van der Waals surface area (Å²) in [5.74, 6) is 0. The Kier molecular flexibility index (Phi) is 8.18. The third-order valence-corrected chi connectivity index (χ3v) is 5.95. The van der Waals surface area contributed by atoms with Crippen LogP contribution < -0.4 is 10.0 Å². The number of ether oxygens (including phenoxy) is 1. The van der Waals surface area contributed by atoms with Gasteiger partial charge in [-0.25, -0.2) is 9.78 Å². The van der Waals surface area contributed by atoms with Crippen molar-refractivity contribution in [2.75, 3.05) is 4.72 Å². The van der Waals surface area contributed by atoms with Crippen LogP contribution in [0.2, 0.25) is 0 Å². The Morgan fingerprint density at radius 3 is 2.46 bits per heavy atom. The maximum Gasteiger partial charge on any atom is 0.416 e. The fourth-order valence-corrected chi connectivity index (χ4v) is 4.33. The van der Waals surface area contributed by atoms with Gasteiger partial charge in [0.15, 0.2) is 0 Å². The minimum absolute atomic E-state index is 0.287. The highest BCUT2D eigenvalue weighted by atomic mass is 32.2. The molecule has 3 rings (SSSR count). The van der Waals surface area contributed by atoms with E-state index < -0.39 is 40.7 Å². The van der Waals surface area contributed by atoms with Gasteiger partial charge in [0.2, 0.25) is 0 Å². The largest absolute Gasteiger partial charge is 0.755 e. The lowest BCUT2D eigenvalue weighted by Gasteiger charge is -2.23. The molecule has 0 saturated heterocycles. The van der Waals surface area contributed by atoms with E-state index in [9.17, 15) is 26.7 Å². The van der Waals surface area contributed by atoms with E-state index in [-0.39, 0.29) is 6.42 Å². The fourth-order valence-electron chi connectivity index (χ4n) is 3.13. The van der Waals surface area contributed by atoms with Crippen molar-refractivity contribution in [1.82, 2.24) is 10.3 Å². The number of amides is 1. The lowest BCUT2D eigenvalue weighted by molar-refractivity contribution is -0.137. The number of alkyl carbamates (subject to hydrolysis) is 1. The first kappa shape index (κ1) is 26.6. The van der Waals surface area contributed by atoms with Crippen molar-refractivity contribution >= 4 is 34.4 Å². The van der Waals surface area contributed by atoms with Gasteiger partial charge >= 0.3 is 12.3 Å². The Bertz CT molecular complexity index is 1190. The van der Waals surface area contributed by atoms with E-state index >= 15 is 0 Å². The normalized spacial score (nSPS) is 13.7. The molecule has 3 aromatic rings. The molecule has 12 heteroatoms. The minimum Gasteiger partial charge on any atom is -0.755 e. The molecule has 1 unspecified atom stereocenters. The van der Waals surface area contributed by atoms with Gasteiger partial charge in [-0.3, -0.25) is 4.21 Å². The summed E-state index contributed by atoms with van der Waals surface area (Å²) in [5, 5.41) is 4.89. The van der Waals surface area contributed by atoms with Gasteiger partial charge in [0.25, 0.3) is 0 Å². The quantitative estimate of drug-likeness (QED) is 0.376. The molecule has 0 aliphatic heterocycles. The molecular formula is C23H23F3N3O4S2-. The summed E-state index contributed by atoms with van der Waals surface area (Å²) in [6.07, 6.45) is -4.86. The smallest absolute Gasteiger partial charge is 0.416 e. The molecule has 0 spiro atoms. The average Bonchev–Trinajstić information content (AvgIpc) is 3.23. The summed E-state index contributed by atoms with van der Waals surface area (Å²) in [6.45, 7) is 5.17. The SMILES string of the molecule is CC(C)(C)OC(=O)N[C@@H](Cc1ccc(NS(=O)[O-])cc1)c1nc(-c2cccc(C(F)(F)F)c2)cs1. The second-order valence-corrected chi connectivity index (χ2v) is 10.1. The van der Waals surface area contributed by atoms with Gasteiger partial charge in [0.1, 0.15) is 10.6 Å². The van der Waals surface area contributed by atoms with Crippen LogP contribution in [0.4, 0.5) is 23.7 Å². The Morgan fingerprint density at radius 1 is 1.17 bits per heavy atom. The molecule has 0 saturated carbocycles. The summed E-state index contributed by atoms with van der Waals surface area (Å²) in [7, 11) is 0. The van der Waals surface area contributed by atoms with E-state index in [1.165, 1.54) is 23.5 Å². The molecule has 2 N–H and O–H groups in total. The number of carbonyl (C=O) groups excluding carboxylic acids is 1. The maximum atomic E-state index is 13.1. The van der Waals surface area contributed by atoms with Gasteiger partial charge in [0, 0.05) is 27.9 Å². The third-order valence-electron chi connectivity index (χ3n) is 4.59. The summed E-state index contributed by atoms with van der Waals surface area (Å²) in [5.41, 5.74) is 0.288. The Balaban J connectivity index is 1.87. The van der Waals surface area contributed by atoms with Crippen molar-refractivity contribution in [1.29, 1.82) is 0 Å². The van der Waals surface area contributed by atoms with Crippen LogP contribution >= 0.6 is 11.3 Å². The van der Waals surface area contributed by atoms with Gasteiger partial charge in [-0.2, -0.15) is 13.2 Å². The van der Waals surface area contributed by atoms with Crippen molar-refractivity contribution in [3.63, 3.8) is 0 Å². The standard InChI is InChI=1S/C23H24F3N3O4S2/c1-22(2,3)33-21(30)28-18(11-14-7-9-17(10-8-14)29-35(31)32)20-27-19(13-34-20)15-5-4-6-16(12-15)23(24,25)26/h4-10,12-13,18,29H,11H2,1-3H3,(H,28,30)(H,31,32)/p-1/t18-/m0/s1. The summed E-state index contributed by atoms with van der Waals surface area (Å²) in [4.78, 5) is 17.0. The van der Waals surface area contributed by atoms with E-state index in [2.05, 4.69) is 15.0 Å². The number of carbonyl (C=O) groups is 1. The molecule has 0 bridgehead atoms. The fraction of sp³-hybridized carbons (Fsp3) is 0.304. The Morgan fingerprint density at radius 2 is 1.86 bits per heavy atom. The highest BCUT2D eigenvalue weighted by molar-refractivity contribution is 7.80. The van der Waals surface area contributed by atoms with Gasteiger partial charge in [-0.1, -0.05) is 24.3 Å². The molecular weight excluding hydrogens is 503 g/mol. The highest BCUT2D eigenvalue weighted by Gasteiger charge is 2.31. The molecule has 0 aliphatic carbocycles. The van der Waals surface area contributed by atoms with Crippen LogP contribution in [0.25, 0.3) is 11.3 Å². The average molecular weight is 527 g/mol. The molecule has 1 amide bonds. The summed E-state index contributed by atoms with van der Waals surface area (Å²) in [6, 6.07) is 10.8. The molecule has 0 aliphatic rings. The second kappa shape index (κ2) is 10.8. The third kappa shape index (κ3) is 8.05. The predicted octanol–water partition coefficient (Wildman–Crippen LogP) is 5.84. The Hall–Kier alpha value is -2.96. The predicted molar refractivity (Wildman–Crippen MR) is 127 cm³/mol. The molecule has 2 atom stereocenters. The first-order chi connectivity index (χ1) is 16.3. The Labute approximate surface area is 207 Å². The van der Waals surface area contributed by atoms with Crippen molar-refractivity contribution in [3.8, 4) is 11.3 Å². The van der Waals surface area contributed by atoms with E-state index in [1.54, 1.807) is 50.4 Å². The van der Waals surface area contributed by atoms with E-state index in [0.717, 1.165) is 17.7 Å². The highest BCUT2D eigenvalue weighted by Crippen LogP contribution is 2.33. The molecule has 0 radical (unpaired) electrons. The van der Waals surface area contributed by atoms with Gasteiger partial charge in [-0.05, 0) is 57.0 Å². The van der Waals surface area contributed by atoms with Crippen LogP contribution in [-0.4, -0.2) is 25.4 Å². The molecule has 2 aromatic carbocycles. The minimum atomic E-state index is -4.48. The van der Waals surface area contributed by atoms with Crippen LogP contribution in [0.3, 0.4) is 0 Å². The zero-order valence-electron chi connectivity index (χ0n) is 19.0. The first-order valence-electron chi connectivity index (χ1n) is 10.4. The van der Waals surface area contributed by atoms with Gasteiger partial charge < -0.3 is 19.3 Å². The van der Waals surface area contributed by atoms with Crippen molar-refractivity contribution in [2.45, 2.75) is 45.0 Å². The zero-order chi connectivity index (χ0) is 25.8. The monoisotopic (exact) mass is 526 g/mol. The van der Waals surface area contributed by atoms with E-state index in [0.29, 0.717) is 22.0 Å². The number of hydrogen-bond donors (Lipinski definition) is 2. The number of nitrogens with zero attached hydrogens (tertiary/aromatic N) is 1. The lowest BCUT2D eigenvalue weighted by Crippen LogP contribution is -2.35. The van der Waals surface area contributed by atoms with Crippen LogP contribution in [-0.2, 0) is 28.6 Å². The number of thiazole rings is 1. The zero-order valence-corrected chi connectivity index (χ0v) is 20.6. The van der Waals surface area contributed by atoms with Crippen LogP contribution in [0.15, 0.2) is 53.9 Å². The number of hydrogen-bond acceptors (Lipinski definition) is 6. The van der Waals surface area contributed by atoms with Crippen molar-refractivity contribution in [2.24, 2.45) is 0 Å². The molecule has 0 fully saturated rings. The number of benzene rings is 2. The topological polar surface area (TPSA) is 103 Å². The molecule has 1 heterocycles. The summed E-state index contributed by atoms with van der Waals surface area (Å²) < 4.78 is 68.6. The van der Waals surface area contributed by atoms with Crippen LogP contribution in [0, 0.1) is 0 Å². The molecule has 35 heavy (non-hydrogen) atoms. The number of halogens is 3. The molecule has 1 aromatic heterocycles. The van der Waals surface area contributed by atoms with Crippen LogP contribution in [0.5, 0.6) is 0 Å². The van der Waals surface area contributed by atoms with E-state index in [4.69, 9.17) is 4.74 Å². The van der Waals surface area contributed by atoms with Crippen molar-refractivity contribution < 1.29 is 31.5 Å². The maximum absolute atomic E-state index is 13.1. The van der Waals surface area contributed by atoms with Gasteiger partial charge in [-0.15, -0.1) is 11.3 Å². The second-order valence-electron chi connectivity index (χ2n) is 8.59. The number of anilines is 1. The molecule has 188 valence electrons. The number of alkyl halides is 3. The number of aromatic nitrogens is 1.